The Morgan fingerprint density at radius 1 is 1.03 bits per heavy atom. The van der Waals surface area contributed by atoms with Crippen LogP contribution in [0.5, 0.6) is 0 Å². The number of benzene rings is 2. The smallest absolute Gasteiger partial charge is 0.274 e. The van der Waals surface area contributed by atoms with Gasteiger partial charge < -0.3 is 4.90 Å². The minimum absolute atomic E-state index is 0.104. The fraction of sp³-hybridized carbons (Fsp3) is 0.333. The molecule has 0 amide bonds. The van der Waals surface area contributed by atoms with E-state index in [4.69, 9.17) is 5.26 Å². The topological polar surface area (TPSA) is 74.3 Å². The van der Waals surface area contributed by atoms with Gasteiger partial charge in [-0.2, -0.15) is 14.8 Å². The number of nitrogens with zero attached hydrogens (tertiary/aromatic N) is 5. The van der Waals surface area contributed by atoms with Crippen molar-refractivity contribution >= 4 is 22.3 Å². The minimum atomic E-state index is -0.531. The standard InChI is InChI=1S/C27H26FN5O/c28-26-24(14-21(16-30-26)17-32-12-4-1-5-13-32)25-22-6-2-3-7-23(22)27(34)33(31-25)18-20-10-8-19(15-29)9-11-20/h2-3,6-11,14,21H,1,4-5,12-13,16-18H2. The number of rotatable bonds is 5. The van der Waals surface area contributed by atoms with Gasteiger partial charge in [0.05, 0.1) is 29.1 Å². The fourth-order valence-electron chi connectivity index (χ4n) is 4.80. The maximum atomic E-state index is 15.1. The largest absolute Gasteiger partial charge is 0.303 e. The molecular weight excluding hydrogens is 429 g/mol. The first kappa shape index (κ1) is 22.2. The average molecular weight is 456 g/mol. The van der Waals surface area contributed by atoms with E-state index in [9.17, 15) is 4.79 Å². The lowest BCUT2D eigenvalue weighted by Gasteiger charge is -2.30. The molecular formula is C27H26FN5O. The summed E-state index contributed by atoms with van der Waals surface area (Å²) in [6.45, 7) is 3.65. The molecule has 2 aliphatic heterocycles. The van der Waals surface area contributed by atoms with Crippen molar-refractivity contribution in [1.82, 2.24) is 14.7 Å². The predicted octanol–water partition coefficient (Wildman–Crippen LogP) is 4.18. The zero-order valence-corrected chi connectivity index (χ0v) is 19.0. The van der Waals surface area contributed by atoms with Gasteiger partial charge in [-0.05, 0) is 49.7 Å². The molecule has 3 heterocycles. The third-order valence-electron chi connectivity index (χ3n) is 6.57. The molecule has 0 bridgehead atoms. The van der Waals surface area contributed by atoms with Gasteiger partial charge in [-0.3, -0.25) is 9.79 Å². The van der Waals surface area contributed by atoms with Gasteiger partial charge in [0.15, 0.2) is 0 Å². The van der Waals surface area contributed by atoms with E-state index in [1.807, 2.05) is 18.2 Å². The lowest BCUT2D eigenvalue weighted by atomic mass is 9.97. The van der Waals surface area contributed by atoms with E-state index in [1.165, 1.54) is 23.9 Å². The lowest BCUT2D eigenvalue weighted by Crippen LogP contribution is -2.35. The van der Waals surface area contributed by atoms with Crippen LogP contribution in [0.2, 0.25) is 0 Å². The van der Waals surface area contributed by atoms with E-state index in [1.54, 1.807) is 36.4 Å². The second kappa shape index (κ2) is 9.70. The van der Waals surface area contributed by atoms with E-state index in [0.717, 1.165) is 25.2 Å². The van der Waals surface area contributed by atoms with E-state index in [0.29, 0.717) is 34.1 Å². The Morgan fingerprint density at radius 2 is 1.76 bits per heavy atom. The SMILES string of the molecule is N#Cc1ccc(Cn2nc(C3=CC(CN4CCCCC4)CN=C3F)c3ccccc3c2=O)cc1. The van der Waals surface area contributed by atoms with Crippen LogP contribution in [0, 0.1) is 17.2 Å². The lowest BCUT2D eigenvalue weighted by molar-refractivity contribution is 0.210. The van der Waals surface area contributed by atoms with Crippen LogP contribution >= 0.6 is 0 Å². The molecule has 0 N–H and O–H groups in total. The second-order valence-electron chi connectivity index (χ2n) is 9.00. The molecule has 7 heteroatoms. The molecule has 0 aliphatic carbocycles. The summed E-state index contributed by atoms with van der Waals surface area (Å²) < 4.78 is 16.4. The number of likely N-dealkylation sites (tertiary alicyclic amines) is 1. The zero-order chi connectivity index (χ0) is 23.5. The number of fused-ring (bicyclic) bond motifs is 1. The summed E-state index contributed by atoms with van der Waals surface area (Å²) >= 11 is 0. The third-order valence-corrected chi connectivity index (χ3v) is 6.57. The molecule has 34 heavy (non-hydrogen) atoms. The molecule has 2 aliphatic rings. The summed E-state index contributed by atoms with van der Waals surface area (Å²) in [5.41, 5.74) is 1.95. The highest BCUT2D eigenvalue weighted by molar-refractivity contribution is 6.21. The van der Waals surface area contributed by atoms with Crippen molar-refractivity contribution in [3.8, 4) is 6.07 Å². The number of hydrogen-bond acceptors (Lipinski definition) is 5. The van der Waals surface area contributed by atoms with Crippen molar-refractivity contribution < 1.29 is 4.39 Å². The zero-order valence-electron chi connectivity index (χ0n) is 19.0. The van der Waals surface area contributed by atoms with Gasteiger partial charge in [0.2, 0.25) is 5.97 Å². The van der Waals surface area contributed by atoms with E-state index >= 15 is 4.39 Å². The van der Waals surface area contributed by atoms with E-state index in [-0.39, 0.29) is 18.0 Å². The number of aliphatic imine (C=N–C) groups is 1. The first-order valence-electron chi connectivity index (χ1n) is 11.8. The normalized spacial score (nSPS) is 18.9. The molecule has 0 saturated carbocycles. The van der Waals surface area contributed by atoms with Crippen molar-refractivity contribution in [2.24, 2.45) is 10.9 Å². The van der Waals surface area contributed by atoms with Crippen LogP contribution in [-0.4, -0.2) is 46.8 Å². The Hall–Kier alpha value is -3.63. The number of aromatic nitrogens is 2. The number of hydrogen-bond donors (Lipinski definition) is 0. The van der Waals surface area contributed by atoms with Crippen LogP contribution in [0.4, 0.5) is 4.39 Å². The first-order chi connectivity index (χ1) is 16.6. The summed E-state index contributed by atoms with van der Waals surface area (Å²) in [6.07, 6.45) is 5.62. The van der Waals surface area contributed by atoms with Gasteiger partial charge in [-0.1, -0.05) is 42.8 Å². The summed E-state index contributed by atoms with van der Waals surface area (Å²) in [5, 5.41) is 14.8. The summed E-state index contributed by atoms with van der Waals surface area (Å²) in [4.78, 5) is 19.8. The highest BCUT2D eigenvalue weighted by Crippen LogP contribution is 2.28. The van der Waals surface area contributed by atoms with Crippen LogP contribution in [0.25, 0.3) is 16.3 Å². The Balaban J connectivity index is 1.54. The Morgan fingerprint density at radius 3 is 2.50 bits per heavy atom. The van der Waals surface area contributed by atoms with Gasteiger partial charge >= 0.3 is 0 Å². The van der Waals surface area contributed by atoms with Crippen LogP contribution in [0.1, 0.15) is 36.1 Å². The highest BCUT2D eigenvalue weighted by Gasteiger charge is 2.25. The second-order valence-corrected chi connectivity index (χ2v) is 9.00. The molecule has 1 unspecified atom stereocenters. The molecule has 6 nitrogen and oxygen atoms in total. The van der Waals surface area contributed by atoms with Crippen molar-refractivity contribution in [2.75, 3.05) is 26.2 Å². The fourth-order valence-corrected chi connectivity index (χ4v) is 4.80. The molecule has 1 fully saturated rings. The molecule has 2 aromatic carbocycles. The van der Waals surface area contributed by atoms with Crippen LogP contribution in [-0.2, 0) is 6.54 Å². The van der Waals surface area contributed by atoms with E-state index in [2.05, 4.69) is 21.1 Å². The molecule has 1 saturated heterocycles. The highest BCUT2D eigenvalue weighted by atomic mass is 19.1. The monoisotopic (exact) mass is 455 g/mol. The van der Waals surface area contributed by atoms with Crippen molar-refractivity contribution in [3.63, 3.8) is 0 Å². The molecule has 0 radical (unpaired) electrons. The van der Waals surface area contributed by atoms with Crippen molar-refractivity contribution in [2.45, 2.75) is 25.8 Å². The summed E-state index contributed by atoms with van der Waals surface area (Å²) in [7, 11) is 0. The minimum Gasteiger partial charge on any atom is -0.303 e. The Bertz CT molecular complexity index is 1360. The molecule has 5 rings (SSSR count). The Labute approximate surface area is 197 Å². The van der Waals surface area contributed by atoms with E-state index < -0.39 is 5.97 Å². The van der Waals surface area contributed by atoms with Crippen LogP contribution < -0.4 is 5.56 Å². The maximum absolute atomic E-state index is 15.1. The number of piperidine rings is 1. The number of nitriles is 1. The van der Waals surface area contributed by atoms with Gasteiger partial charge in [0.25, 0.3) is 5.56 Å². The van der Waals surface area contributed by atoms with Gasteiger partial charge in [-0.15, -0.1) is 0 Å². The first-order valence-corrected chi connectivity index (χ1v) is 11.8. The van der Waals surface area contributed by atoms with Crippen LogP contribution in [0.3, 0.4) is 0 Å². The van der Waals surface area contributed by atoms with Gasteiger partial charge in [0.1, 0.15) is 5.69 Å². The maximum Gasteiger partial charge on any atom is 0.274 e. The van der Waals surface area contributed by atoms with Gasteiger partial charge in [-0.25, -0.2) is 4.68 Å². The summed E-state index contributed by atoms with van der Waals surface area (Å²) in [6, 6.07) is 16.3. The molecule has 3 aromatic rings. The molecule has 1 atom stereocenters. The third kappa shape index (κ3) is 4.55. The average Bonchev–Trinajstić information content (AvgIpc) is 2.88. The molecule has 1 aromatic heterocycles. The van der Waals surface area contributed by atoms with Crippen molar-refractivity contribution in [3.05, 3.63) is 81.8 Å². The number of dihydropyridines is 1. The van der Waals surface area contributed by atoms with Crippen LogP contribution in [0.15, 0.2) is 64.4 Å². The quantitative estimate of drug-likeness (QED) is 0.578. The number of halogens is 1. The van der Waals surface area contributed by atoms with Crippen molar-refractivity contribution in [1.29, 1.82) is 5.26 Å². The molecule has 172 valence electrons. The molecule has 0 spiro atoms. The van der Waals surface area contributed by atoms with Gasteiger partial charge in [0, 0.05) is 24.4 Å². The summed E-state index contributed by atoms with van der Waals surface area (Å²) in [5.74, 6) is -0.428. The number of allylic oxidation sites excluding steroid dienone is 1. The predicted molar refractivity (Wildman–Crippen MR) is 131 cm³/mol. The Kier molecular flexibility index (Phi) is 6.33.